The zero-order valence-electron chi connectivity index (χ0n) is 15.2. The molecule has 27 heavy (non-hydrogen) atoms. The van der Waals surface area contributed by atoms with Crippen LogP contribution in [0.3, 0.4) is 0 Å². The normalized spacial score (nSPS) is 26.4. The molecule has 0 radical (unpaired) electrons. The van der Waals surface area contributed by atoms with Crippen molar-refractivity contribution in [2.24, 2.45) is 5.73 Å². The number of nitrogens with two attached hydrogens (primary N) is 1. The molecule has 0 spiro atoms. The monoisotopic (exact) mass is 379 g/mol. The molecule has 7 heteroatoms. The van der Waals surface area contributed by atoms with Gasteiger partial charge in [0, 0.05) is 17.5 Å². The Bertz CT molecular complexity index is 969. The molecule has 0 unspecified atom stereocenters. The first-order chi connectivity index (χ1) is 12.8. The minimum absolute atomic E-state index is 0.0566. The summed E-state index contributed by atoms with van der Waals surface area (Å²) in [6.07, 6.45) is 1.97. The molecule has 2 aromatic rings. The number of benzene rings is 1. The number of carbonyl (C=O) groups is 1. The second-order valence-electron chi connectivity index (χ2n) is 7.56. The van der Waals surface area contributed by atoms with Gasteiger partial charge in [-0.2, -0.15) is 5.26 Å². The van der Waals surface area contributed by atoms with Gasteiger partial charge in [-0.15, -0.1) is 11.3 Å². The predicted octanol–water partition coefficient (Wildman–Crippen LogP) is 2.56. The standard InChI is InChI=1S/C20H21N5OS/c1-19(15-8-7-14(11-21)27-15)16(17(26)25(2)18(22)24-19)12-3-5-13(6-4-12)20(23)9-10-20/h3-8,16H,9-10,23H2,1-2H3,(H2,22,24)/t16-,19+/m0/s1. The zero-order valence-corrected chi connectivity index (χ0v) is 16.1. The molecule has 138 valence electrons. The van der Waals surface area contributed by atoms with E-state index < -0.39 is 11.5 Å². The van der Waals surface area contributed by atoms with Crippen LogP contribution in [-0.2, 0) is 15.9 Å². The lowest BCUT2D eigenvalue weighted by Gasteiger charge is -2.45. The summed E-state index contributed by atoms with van der Waals surface area (Å²) < 4.78 is 0. The Labute approximate surface area is 162 Å². The number of likely N-dealkylation sites (N-methyl/N-ethyl adjacent to an activating group) is 1. The average molecular weight is 379 g/mol. The number of nitrogens with zero attached hydrogens (tertiary/aromatic N) is 2. The number of hydrogen-bond acceptors (Lipinski definition) is 5. The zero-order chi connectivity index (χ0) is 19.4. The number of guanidine groups is 1. The molecule has 1 amide bonds. The minimum atomic E-state index is -0.804. The van der Waals surface area contributed by atoms with E-state index in [1.54, 1.807) is 13.1 Å². The number of amides is 1. The smallest absolute Gasteiger partial charge is 0.239 e. The highest BCUT2D eigenvalue weighted by atomic mass is 32.1. The van der Waals surface area contributed by atoms with Gasteiger partial charge in [-0.05, 0) is 43.0 Å². The highest BCUT2D eigenvalue weighted by Crippen LogP contribution is 2.45. The lowest BCUT2D eigenvalue weighted by Crippen LogP contribution is -2.62. The Morgan fingerprint density at radius 1 is 1.30 bits per heavy atom. The number of rotatable bonds is 3. The number of thiophene rings is 1. The maximum Gasteiger partial charge on any atom is 0.239 e. The molecule has 1 saturated carbocycles. The van der Waals surface area contributed by atoms with Crippen molar-refractivity contribution >= 4 is 23.2 Å². The second kappa shape index (κ2) is 5.91. The summed E-state index contributed by atoms with van der Waals surface area (Å²) in [5.41, 5.74) is 7.22. The molecule has 6 nitrogen and oxygen atoms in total. The fourth-order valence-corrected chi connectivity index (χ4v) is 4.68. The first-order valence-corrected chi connectivity index (χ1v) is 9.64. The van der Waals surface area contributed by atoms with Crippen LogP contribution in [0.15, 0.2) is 36.4 Å². The van der Waals surface area contributed by atoms with Crippen molar-refractivity contribution in [2.45, 2.75) is 36.8 Å². The summed E-state index contributed by atoms with van der Waals surface area (Å²) in [7, 11) is 1.60. The second-order valence-corrected chi connectivity index (χ2v) is 8.64. The van der Waals surface area contributed by atoms with Crippen molar-refractivity contribution in [3.05, 3.63) is 57.3 Å². The van der Waals surface area contributed by atoms with Crippen LogP contribution in [0.5, 0.6) is 0 Å². The third kappa shape index (κ3) is 2.73. The summed E-state index contributed by atoms with van der Waals surface area (Å²) in [5, 5.41) is 20.6. The SMILES string of the molecule is CN1C(=N)N[C@](C)(c2ccc(C#N)s2)[C@@H](c2ccc(C3(N)CC3)cc2)C1=O. The molecule has 1 aliphatic carbocycles. The van der Waals surface area contributed by atoms with Gasteiger partial charge in [-0.3, -0.25) is 15.1 Å². The van der Waals surface area contributed by atoms with Gasteiger partial charge in [0.25, 0.3) is 0 Å². The number of carbonyl (C=O) groups excluding carboxylic acids is 1. The Hall–Kier alpha value is -2.69. The largest absolute Gasteiger partial charge is 0.345 e. The molecule has 0 bridgehead atoms. The lowest BCUT2D eigenvalue weighted by molar-refractivity contribution is -0.131. The van der Waals surface area contributed by atoms with Gasteiger partial charge in [0.15, 0.2) is 5.96 Å². The van der Waals surface area contributed by atoms with Crippen LogP contribution in [0.25, 0.3) is 0 Å². The first-order valence-electron chi connectivity index (χ1n) is 8.82. The molecule has 1 saturated heterocycles. The Morgan fingerprint density at radius 2 is 1.96 bits per heavy atom. The van der Waals surface area contributed by atoms with Crippen LogP contribution in [0, 0.1) is 16.7 Å². The van der Waals surface area contributed by atoms with Gasteiger partial charge in [0.05, 0.1) is 11.5 Å². The van der Waals surface area contributed by atoms with Crippen LogP contribution in [0.2, 0.25) is 0 Å². The van der Waals surface area contributed by atoms with Crippen molar-refractivity contribution in [1.82, 2.24) is 10.2 Å². The average Bonchev–Trinajstić information content (AvgIpc) is 3.21. The third-order valence-corrected chi connectivity index (χ3v) is 6.93. The van der Waals surface area contributed by atoms with Gasteiger partial charge < -0.3 is 11.1 Å². The van der Waals surface area contributed by atoms with Crippen LogP contribution < -0.4 is 11.1 Å². The molecule has 1 aromatic carbocycles. The van der Waals surface area contributed by atoms with Crippen LogP contribution in [-0.4, -0.2) is 23.8 Å². The molecule has 4 rings (SSSR count). The summed E-state index contributed by atoms with van der Waals surface area (Å²) in [6.45, 7) is 1.92. The van der Waals surface area contributed by atoms with E-state index in [9.17, 15) is 10.1 Å². The van der Waals surface area contributed by atoms with E-state index in [0.717, 1.165) is 28.8 Å². The molecule has 2 atom stereocenters. The lowest BCUT2D eigenvalue weighted by atomic mass is 9.76. The highest BCUT2D eigenvalue weighted by Gasteiger charge is 2.49. The van der Waals surface area contributed by atoms with Crippen LogP contribution >= 0.6 is 11.3 Å². The fraction of sp³-hybridized carbons (Fsp3) is 0.350. The first kappa shape index (κ1) is 17.7. The molecule has 1 aromatic heterocycles. The van der Waals surface area contributed by atoms with Gasteiger partial charge >= 0.3 is 0 Å². The maximum absolute atomic E-state index is 13.2. The molecule has 4 N–H and O–H groups in total. The van der Waals surface area contributed by atoms with Crippen molar-refractivity contribution < 1.29 is 4.79 Å². The van der Waals surface area contributed by atoms with Gasteiger partial charge in [-0.25, -0.2) is 0 Å². The maximum atomic E-state index is 13.2. The molecular weight excluding hydrogens is 358 g/mol. The molecule has 2 fully saturated rings. The Morgan fingerprint density at radius 3 is 2.52 bits per heavy atom. The minimum Gasteiger partial charge on any atom is -0.345 e. The molecule has 2 heterocycles. The summed E-state index contributed by atoms with van der Waals surface area (Å²) in [6, 6.07) is 13.7. The van der Waals surface area contributed by atoms with Gasteiger partial charge in [-0.1, -0.05) is 24.3 Å². The number of nitrogens with one attached hydrogen (secondary N) is 2. The Balaban J connectivity index is 1.79. The van der Waals surface area contributed by atoms with Crippen molar-refractivity contribution in [3.8, 4) is 6.07 Å². The van der Waals surface area contributed by atoms with Gasteiger partial charge in [0.2, 0.25) is 5.91 Å². The molecular formula is C20H21N5OS. The van der Waals surface area contributed by atoms with Crippen molar-refractivity contribution in [3.63, 3.8) is 0 Å². The van der Waals surface area contributed by atoms with Crippen molar-refractivity contribution in [1.29, 1.82) is 10.7 Å². The van der Waals surface area contributed by atoms with E-state index in [1.165, 1.54) is 16.2 Å². The summed E-state index contributed by atoms with van der Waals surface area (Å²) in [5.74, 6) is -0.597. The van der Waals surface area contributed by atoms with Gasteiger partial charge in [0.1, 0.15) is 10.9 Å². The van der Waals surface area contributed by atoms with E-state index >= 15 is 0 Å². The van der Waals surface area contributed by atoms with E-state index in [1.807, 2.05) is 37.3 Å². The van der Waals surface area contributed by atoms with Crippen LogP contribution in [0.4, 0.5) is 0 Å². The number of nitriles is 1. The third-order valence-electron chi connectivity index (χ3n) is 5.70. The van der Waals surface area contributed by atoms with Crippen molar-refractivity contribution in [2.75, 3.05) is 7.05 Å². The number of hydrogen-bond donors (Lipinski definition) is 3. The topological polar surface area (TPSA) is 106 Å². The van der Waals surface area contributed by atoms with E-state index in [-0.39, 0.29) is 17.4 Å². The van der Waals surface area contributed by atoms with E-state index in [2.05, 4.69) is 11.4 Å². The molecule has 2 aliphatic rings. The highest BCUT2D eigenvalue weighted by molar-refractivity contribution is 7.12. The summed E-state index contributed by atoms with van der Waals surface area (Å²) in [4.78, 5) is 15.9. The van der Waals surface area contributed by atoms with Crippen LogP contribution in [0.1, 0.15) is 46.6 Å². The Kier molecular flexibility index (Phi) is 3.88. The molecule has 1 aliphatic heterocycles. The predicted molar refractivity (Wildman–Crippen MR) is 104 cm³/mol. The van der Waals surface area contributed by atoms with E-state index in [0.29, 0.717) is 4.88 Å². The fourth-order valence-electron chi connectivity index (χ4n) is 3.74. The quantitative estimate of drug-likeness (QED) is 0.762. The summed E-state index contributed by atoms with van der Waals surface area (Å²) >= 11 is 1.35. The van der Waals surface area contributed by atoms with E-state index in [4.69, 9.17) is 11.1 Å².